The SMILES string of the molecule is N[C@@H](Cc1ccc(CC[18F])cc1)C(=O)O. The molecule has 1 rings (SSSR count). The van der Waals surface area contributed by atoms with Crippen LogP contribution >= 0.6 is 0 Å². The number of carboxylic acid groups (broad SMARTS) is 1. The fraction of sp³-hybridized carbons (Fsp3) is 0.364. The summed E-state index contributed by atoms with van der Waals surface area (Å²) in [6.45, 7) is -0.381. The summed E-state index contributed by atoms with van der Waals surface area (Å²) >= 11 is 0. The molecule has 1 aromatic carbocycles. The van der Waals surface area contributed by atoms with Crippen molar-refractivity contribution in [1.82, 2.24) is 0 Å². The maximum atomic E-state index is 12.0. The second kappa shape index (κ2) is 5.46. The molecule has 0 heterocycles. The lowest BCUT2D eigenvalue weighted by Gasteiger charge is -2.06. The van der Waals surface area contributed by atoms with Gasteiger partial charge in [0.05, 0.1) is 6.67 Å². The first-order valence-electron chi connectivity index (χ1n) is 4.75. The van der Waals surface area contributed by atoms with Crippen LogP contribution in [-0.4, -0.2) is 23.8 Å². The first-order valence-corrected chi connectivity index (χ1v) is 4.75. The average Bonchev–Trinajstić information content (AvgIpc) is 2.21. The number of nitrogens with two attached hydrogens (primary N) is 1. The molecule has 0 unspecified atom stereocenters. The molecular formula is C11H14FNO2. The molecule has 0 aliphatic heterocycles. The maximum Gasteiger partial charge on any atom is 0.320 e. The molecule has 0 aliphatic rings. The van der Waals surface area contributed by atoms with Crippen LogP contribution in [0.1, 0.15) is 11.1 Å². The van der Waals surface area contributed by atoms with Crippen LogP contribution in [0.15, 0.2) is 24.3 Å². The number of rotatable bonds is 5. The highest BCUT2D eigenvalue weighted by molar-refractivity contribution is 5.73. The van der Waals surface area contributed by atoms with E-state index in [9.17, 15) is 9.18 Å². The Kier molecular flexibility index (Phi) is 4.24. The van der Waals surface area contributed by atoms with Crippen molar-refractivity contribution in [3.05, 3.63) is 35.4 Å². The summed E-state index contributed by atoms with van der Waals surface area (Å²) in [5.74, 6) is -1.01. The van der Waals surface area contributed by atoms with Crippen LogP contribution in [-0.2, 0) is 17.6 Å². The molecule has 0 spiro atoms. The van der Waals surface area contributed by atoms with Crippen LogP contribution in [0.3, 0.4) is 0 Å². The predicted molar refractivity (Wildman–Crippen MR) is 55.4 cm³/mol. The van der Waals surface area contributed by atoms with Crippen molar-refractivity contribution in [2.75, 3.05) is 6.67 Å². The Bertz CT molecular complexity index is 324. The van der Waals surface area contributed by atoms with Gasteiger partial charge in [-0.1, -0.05) is 24.3 Å². The van der Waals surface area contributed by atoms with E-state index >= 15 is 0 Å². The molecule has 0 aliphatic carbocycles. The minimum absolute atomic E-state index is 0.297. The van der Waals surface area contributed by atoms with Gasteiger partial charge in [0.2, 0.25) is 0 Å². The first-order chi connectivity index (χ1) is 7.13. The number of halogens is 1. The van der Waals surface area contributed by atoms with Crippen molar-refractivity contribution in [1.29, 1.82) is 0 Å². The zero-order valence-electron chi connectivity index (χ0n) is 8.32. The first kappa shape index (κ1) is 11.7. The van der Waals surface area contributed by atoms with Gasteiger partial charge in [0.1, 0.15) is 6.04 Å². The topological polar surface area (TPSA) is 63.3 Å². The van der Waals surface area contributed by atoms with Gasteiger partial charge in [-0.2, -0.15) is 0 Å². The monoisotopic (exact) mass is 210 g/mol. The summed E-state index contributed by atoms with van der Waals surface area (Å²) in [5.41, 5.74) is 7.15. The lowest BCUT2D eigenvalue weighted by Crippen LogP contribution is -2.32. The van der Waals surface area contributed by atoms with Crippen molar-refractivity contribution in [2.24, 2.45) is 5.73 Å². The fourth-order valence-corrected chi connectivity index (χ4v) is 1.29. The Balaban J connectivity index is 2.60. The Labute approximate surface area is 87.7 Å². The van der Waals surface area contributed by atoms with Crippen molar-refractivity contribution in [2.45, 2.75) is 18.9 Å². The molecule has 0 amide bonds. The smallest absolute Gasteiger partial charge is 0.320 e. The number of carboxylic acids is 1. The standard InChI is InChI=1S/C11H14FNO2/c12-6-5-8-1-3-9(4-2-8)7-10(13)11(14)15/h1-4,10H,5-7,13H2,(H,14,15)/t10-/m0/s1/i12-1. The molecular weight excluding hydrogens is 196 g/mol. The van der Waals surface area contributed by atoms with Gasteiger partial charge in [-0.05, 0) is 17.5 Å². The van der Waals surface area contributed by atoms with Gasteiger partial charge in [0.15, 0.2) is 0 Å². The van der Waals surface area contributed by atoms with Gasteiger partial charge < -0.3 is 10.8 Å². The van der Waals surface area contributed by atoms with Crippen molar-refractivity contribution in [3.63, 3.8) is 0 Å². The van der Waals surface area contributed by atoms with Gasteiger partial charge in [-0.15, -0.1) is 0 Å². The van der Waals surface area contributed by atoms with Gasteiger partial charge in [-0.3, -0.25) is 9.18 Å². The molecule has 0 aromatic heterocycles. The number of aliphatic carboxylic acids is 1. The summed E-state index contributed by atoms with van der Waals surface area (Å²) in [7, 11) is 0. The molecule has 1 atom stereocenters. The lowest BCUT2D eigenvalue weighted by atomic mass is 10.0. The average molecular weight is 210 g/mol. The molecule has 82 valence electrons. The highest BCUT2D eigenvalue weighted by atomic mass is 18.2. The zero-order chi connectivity index (χ0) is 11.3. The van der Waals surface area contributed by atoms with Gasteiger partial charge in [0.25, 0.3) is 0 Å². The molecule has 0 bridgehead atoms. The van der Waals surface area contributed by atoms with Crippen LogP contribution in [0, 0.1) is 0 Å². The number of hydrogen-bond donors (Lipinski definition) is 2. The minimum Gasteiger partial charge on any atom is -0.480 e. The Morgan fingerprint density at radius 3 is 2.33 bits per heavy atom. The third-order valence-electron chi connectivity index (χ3n) is 2.18. The molecule has 3 nitrogen and oxygen atoms in total. The predicted octanol–water partition coefficient (Wildman–Crippen LogP) is 1.15. The molecule has 0 radical (unpaired) electrons. The Morgan fingerprint density at radius 1 is 1.33 bits per heavy atom. The van der Waals surface area contributed by atoms with Gasteiger partial charge in [-0.25, -0.2) is 0 Å². The summed E-state index contributed by atoms with van der Waals surface area (Å²) in [6.07, 6.45) is 0.691. The van der Waals surface area contributed by atoms with Crippen molar-refractivity contribution in [3.8, 4) is 0 Å². The third-order valence-corrected chi connectivity index (χ3v) is 2.18. The van der Waals surface area contributed by atoms with E-state index in [0.29, 0.717) is 12.8 Å². The molecule has 3 N–H and O–H groups in total. The fourth-order valence-electron chi connectivity index (χ4n) is 1.29. The van der Waals surface area contributed by atoms with E-state index < -0.39 is 12.0 Å². The van der Waals surface area contributed by atoms with E-state index in [0.717, 1.165) is 11.1 Å². The Morgan fingerprint density at radius 2 is 1.87 bits per heavy atom. The van der Waals surface area contributed by atoms with Crippen LogP contribution in [0.25, 0.3) is 0 Å². The zero-order valence-corrected chi connectivity index (χ0v) is 8.32. The van der Waals surface area contributed by atoms with Crippen LogP contribution in [0.5, 0.6) is 0 Å². The van der Waals surface area contributed by atoms with Crippen molar-refractivity contribution >= 4 is 5.97 Å². The molecule has 0 saturated heterocycles. The number of alkyl halides is 1. The normalized spacial score (nSPS) is 12.4. The van der Waals surface area contributed by atoms with Gasteiger partial charge >= 0.3 is 5.97 Å². The van der Waals surface area contributed by atoms with Crippen LogP contribution < -0.4 is 5.73 Å². The van der Waals surface area contributed by atoms with E-state index in [1.165, 1.54) is 0 Å². The summed E-state index contributed by atoms with van der Waals surface area (Å²) in [4.78, 5) is 10.5. The maximum absolute atomic E-state index is 12.0. The second-order valence-corrected chi connectivity index (χ2v) is 3.40. The van der Waals surface area contributed by atoms with E-state index in [-0.39, 0.29) is 6.67 Å². The highest BCUT2D eigenvalue weighted by Gasteiger charge is 2.11. The number of benzene rings is 1. The minimum atomic E-state index is -1.01. The quantitative estimate of drug-likeness (QED) is 0.766. The number of carbonyl (C=O) groups is 1. The summed E-state index contributed by atoms with van der Waals surface area (Å²) < 4.78 is 12.0. The number of hydrogen-bond acceptors (Lipinski definition) is 2. The lowest BCUT2D eigenvalue weighted by molar-refractivity contribution is -0.138. The summed E-state index contributed by atoms with van der Waals surface area (Å²) in [5, 5.41) is 8.61. The largest absolute Gasteiger partial charge is 0.480 e. The second-order valence-electron chi connectivity index (χ2n) is 3.40. The van der Waals surface area contributed by atoms with Gasteiger partial charge in [0, 0.05) is 6.42 Å². The molecule has 1 aromatic rings. The molecule has 0 saturated carbocycles. The highest BCUT2D eigenvalue weighted by Crippen LogP contribution is 2.07. The molecule has 4 heteroatoms. The van der Waals surface area contributed by atoms with E-state index in [1.54, 1.807) is 24.3 Å². The molecule has 15 heavy (non-hydrogen) atoms. The van der Waals surface area contributed by atoms with Crippen LogP contribution in [0.2, 0.25) is 0 Å². The van der Waals surface area contributed by atoms with E-state index in [1.807, 2.05) is 0 Å². The van der Waals surface area contributed by atoms with E-state index in [2.05, 4.69) is 0 Å². The molecule has 0 fully saturated rings. The van der Waals surface area contributed by atoms with Crippen molar-refractivity contribution < 1.29 is 14.3 Å². The number of aryl methyl sites for hydroxylation is 1. The van der Waals surface area contributed by atoms with E-state index in [4.69, 9.17) is 10.8 Å². The Hall–Kier alpha value is -1.42. The third kappa shape index (κ3) is 3.67. The van der Waals surface area contributed by atoms with Crippen LogP contribution in [0.4, 0.5) is 4.39 Å². The summed E-state index contributed by atoms with van der Waals surface area (Å²) in [6, 6.07) is 6.28.